The highest BCUT2D eigenvalue weighted by Gasteiger charge is 2.12. The van der Waals surface area contributed by atoms with Gasteiger partial charge in [-0.25, -0.2) is 8.42 Å². The third-order valence-electron chi connectivity index (χ3n) is 2.48. The molecule has 0 radical (unpaired) electrons. The lowest BCUT2D eigenvalue weighted by molar-refractivity contribution is -0.119. The average Bonchev–Trinajstić information content (AvgIpc) is 2.27. The summed E-state index contributed by atoms with van der Waals surface area (Å²) in [7, 11) is -3.33. The number of sulfonamides is 1. The summed E-state index contributed by atoms with van der Waals surface area (Å²) in [6, 6.07) is 6.53. The summed E-state index contributed by atoms with van der Waals surface area (Å²) in [6.07, 6.45) is 1.68. The minimum absolute atomic E-state index is 0.137. The molecule has 1 aromatic carbocycles. The minimum Gasteiger partial charge on any atom is -0.330 e. The average molecular weight is 285 g/mol. The predicted octanol–water partition coefficient (Wildman–Crippen LogP) is 0.981. The molecular formula is C12H19N3O3S. The van der Waals surface area contributed by atoms with Crippen LogP contribution in [0.2, 0.25) is 0 Å². The molecule has 0 aliphatic carbocycles. The van der Waals surface area contributed by atoms with Crippen molar-refractivity contribution in [3.8, 4) is 0 Å². The summed E-state index contributed by atoms with van der Waals surface area (Å²) in [6.45, 7) is 2.24. The molecule has 7 heteroatoms. The van der Waals surface area contributed by atoms with E-state index in [1.54, 1.807) is 31.2 Å². The van der Waals surface area contributed by atoms with Crippen molar-refractivity contribution in [2.75, 3.05) is 22.8 Å². The molecule has 1 atom stereocenters. The Bertz CT molecular complexity index is 543. The lowest BCUT2D eigenvalue weighted by Crippen LogP contribution is -2.22. The molecule has 6 nitrogen and oxygen atoms in total. The van der Waals surface area contributed by atoms with Crippen molar-refractivity contribution in [1.82, 2.24) is 0 Å². The normalized spacial score (nSPS) is 12.8. The first kappa shape index (κ1) is 15.5. The zero-order chi connectivity index (χ0) is 14.5. The number of nitrogens with one attached hydrogen (secondary N) is 2. The van der Waals surface area contributed by atoms with E-state index in [1.807, 2.05) is 0 Å². The van der Waals surface area contributed by atoms with Crippen LogP contribution in [0.3, 0.4) is 0 Å². The van der Waals surface area contributed by atoms with Gasteiger partial charge in [0, 0.05) is 11.6 Å². The van der Waals surface area contributed by atoms with Gasteiger partial charge in [-0.2, -0.15) is 0 Å². The van der Waals surface area contributed by atoms with Crippen LogP contribution in [0.5, 0.6) is 0 Å². The van der Waals surface area contributed by atoms with Gasteiger partial charge in [0.15, 0.2) is 0 Å². The van der Waals surface area contributed by atoms with E-state index in [4.69, 9.17) is 5.73 Å². The van der Waals surface area contributed by atoms with Gasteiger partial charge in [-0.05, 0) is 31.2 Å². The molecule has 4 N–H and O–H groups in total. The lowest BCUT2D eigenvalue weighted by atomic mass is 10.1. The number of hydrogen-bond donors (Lipinski definition) is 3. The van der Waals surface area contributed by atoms with Crippen LogP contribution in [0.4, 0.5) is 11.4 Å². The van der Waals surface area contributed by atoms with Gasteiger partial charge in [0.2, 0.25) is 15.9 Å². The molecule has 1 aromatic rings. The maximum absolute atomic E-state index is 11.8. The van der Waals surface area contributed by atoms with Gasteiger partial charge in [0.1, 0.15) is 0 Å². The van der Waals surface area contributed by atoms with E-state index in [-0.39, 0.29) is 11.8 Å². The van der Waals surface area contributed by atoms with E-state index in [9.17, 15) is 13.2 Å². The van der Waals surface area contributed by atoms with Crippen molar-refractivity contribution in [3.05, 3.63) is 24.3 Å². The molecule has 0 aliphatic heterocycles. The van der Waals surface area contributed by atoms with Gasteiger partial charge in [-0.1, -0.05) is 13.0 Å². The SMILES string of the molecule is CC(CCN)C(=O)Nc1cccc(NS(C)(=O)=O)c1. The summed E-state index contributed by atoms with van der Waals surface area (Å²) in [5.74, 6) is -0.321. The molecule has 0 spiro atoms. The molecular weight excluding hydrogens is 266 g/mol. The Hall–Kier alpha value is -1.60. The zero-order valence-electron chi connectivity index (χ0n) is 11.0. The van der Waals surface area contributed by atoms with Crippen molar-refractivity contribution >= 4 is 27.3 Å². The highest BCUT2D eigenvalue weighted by Crippen LogP contribution is 2.17. The highest BCUT2D eigenvalue weighted by atomic mass is 32.2. The maximum atomic E-state index is 11.8. The topological polar surface area (TPSA) is 101 Å². The van der Waals surface area contributed by atoms with Crippen LogP contribution in [0.25, 0.3) is 0 Å². The molecule has 0 aromatic heterocycles. The lowest BCUT2D eigenvalue weighted by Gasteiger charge is -2.12. The summed E-state index contributed by atoms with van der Waals surface area (Å²) in [5, 5.41) is 2.72. The van der Waals surface area contributed by atoms with Crippen LogP contribution >= 0.6 is 0 Å². The molecule has 0 heterocycles. The number of hydrogen-bond acceptors (Lipinski definition) is 4. The molecule has 1 rings (SSSR count). The Morgan fingerprint density at radius 3 is 2.58 bits per heavy atom. The molecule has 1 unspecified atom stereocenters. The van der Waals surface area contributed by atoms with Crippen LogP contribution in [0.1, 0.15) is 13.3 Å². The van der Waals surface area contributed by atoms with Gasteiger partial charge in [-0.15, -0.1) is 0 Å². The first-order valence-corrected chi connectivity index (χ1v) is 7.80. The quantitative estimate of drug-likeness (QED) is 0.725. The van der Waals surface area contributed by atoms with Crippen LogP contribution in [-0.2, 0) is 14.8 Å². The van der Waals surface area contributed by atoms with Crippen molar-refractivity contribution in [2.45, 2.75) is 13.3 Å². The Balaban J connectivity index is 2.75. The first-order chi connectivity index (χ1) is 8.81. The Morgan fingerprint density at radius 2 is 2.00 bits per heavy atom. The van der Waals surface area contributed by atoms with Crippen LogP contribution in [-0.4, -0.2) is 27.1 Å². The summed E-state index contributed by atoms with van der Waals surface area (Å²) < 4.78 is 24.6. The number of anilines is 2. The van der Waals surface area contributed by atoms with E-state index in [2.05, 4.69) is 10.0 Å². The molecule has 0 saturated heterocycles. The van der Waals surface area contributed by atoms with E-state index in [0.717, 1.165) is 6.26 Å². The second-order valence-electron chi connectivity index (χ2n) is 4.42. The number of amides is 1. The molecule has 0 bridgehead atoms. The standard InChI is InChI=1S/C12H19N3O3S/c1-9(6-7-13)12(16)14-10-4-3-5-11(8-10)15-19(2,17)18/h3-5,8-9,15H,6-7,13H2,1-2H3,(H,14,16). The third kappa shape index (κ3) is 5.71. The fourth-order valence-electron chi connectivity index (χ4n) is 1.52. The Kier molecular flexibility index (Phi) is 5.31. The second-order valence-corrected chi connectivity index (χ2v) is 6.17. The number of rotatable bonds is 6. The maximum Gasteiger partial charge on any atom is 0.229 e. The van der Waals surface area contributed by atoms with E-state index in [1.165, 1.54) is 0 Å². The monoisotopic (exact) mass is 285 g/mol. The fraction of sp³-hybridized carbons (Fsp3) is 0.417. The summed E-state index contributed by atoms with van der Waals surface area (Å²) in [5.41, 5.74) is 6.35. The second kappa shape index (κ2) is 6.53. The van der Waals surface area contributed by atoms with Gasteiger partial charge in [0.25, 0.3) is 0 Å². The van der Waals surface area contributed by atoms with Crippen molar-refractivity contribution < 1.29 is 13.2 Å². The van der Waals surface area contributed by atoms with Crippen LogP contribution in [0.15, 0.2) is 24.3 Å². The molecule has 0 aliphatic rings. The zero-order valence-corrected chi connectivity index (χ0v) is 11.8. The van der Waals surface area contributed by atoms with E-state index >= 15 is 0 Å². The minimum atomic E-state index is -3.33. The summed E-state index contributed by atoms with van der Waals surface area (Å²) in [4.78, 5) is 11.8. The highest BCUT2D eigenvalue weighted by molar-refractivity contribution is 7.92. The number of carbonyl (C=O) groups excluding carboxylic acids is 1. The van der Waals surface area contributed by atoms with Crippen LogP contribution < -0.4 is 15.8 Å². The van der Waals surface area contributed by atoms with Gasteiger partial charge >= 0.3 is 0 Å². The summed E-state index contributed by atoms with van der Waals surface area (Å²) >= 11 is 0. The van der Waals surface area contributed by atoms with E-state index in [0.29, 0.717) is 24.3 Å². The number of carbonyl (C=O) groups is 1. The van der Waals surface area contributed by atoms with Gasteiger partial charge in [0.05, 0.1) is 11.9 Å². The molecule has 1 amide bonds. The van der Waals surface area contributed by atoms with Crippen molar-refractivity contribution in [1.29, 1.82) is 0 Å². The number of benzene rings is 1. The first-order valence-electron chi connectivity index (χ1n) is 5.90. The molecule has 19 heavy (non-hydrogen) atoms. The Morgan fingerprint density at radius 1 is 1.37 bits per heavy atom. The van der Waals surface area contributed by atoms with Gasteiger partial charge in [-0.3, -0.25) is 9.52 Å². The third-order valence-corrected chi connectivity index (χ3v) is 3.09. The van der Waals surface area contributed by atoms with Gasteiger partial charge < -0.3 is 11.1 Å². The smallest absolute Gasteiger partial charge is 0.229 e. The molecule has 0 saturated carbocycles. The predicted molar refractivity (Wildman–Crippen MR) is 76.4 cm³/mol. The number of nitrogens with two attached hydrogens (primary N) is 1. The van der Waals surface area contributed by atoms with E-state index < -0.39 is 10.0 Å². The fourth-order valence-corrected chi connectivity index (χ4v) is 2.08. The van der Waals surface area contributed by atoms with Crippen LogP contribution in [0, 0.1) is 5.92 Å². The van der Waals surface area contributed by atoms with Crippen molar-refractivity contribution in [2.24, 2.45) is 11.7 Å². The van der Waals surface area contributed by atoms with Crippen molar-refractivity contribution in [3.63, 3.8) is 0 Å². The largest absolute Gasteiger partial charge is 0.330 e. The Labute approximate surface area is 113 Å². The molecule has 0 fully saturated rings. The molecule has 106 valence electrons.